The lowest BCUT2D eigenvalue weighted by Crippen LogP contribution is -2.33. The minimum Gasteiger partial charge on any atom is -0.355 e. The summed E-state index contributed by atoms with van der Waals surface area (Å²) in [5.41, 5.74) is -0.422. The number of halogens is 3. The summed E-state index contributed by atoms with van der Waals surface area (Å²) in [7, 11) is 0. The van der Waals surface area contributed by atoms with Crippen LogP contribution in [0.25, 0.3) is 0 Å². The molecular formula is C17H20F3N3O. The van der Waals surface area contributed by atoms with Gasteiger partial charge < -0.3 is 5.32 Å². The molecule has 0 saturated heterocycles. The Morgan fingerprint density at radius 2 is 2.00 bits per heavy atom. The molecule has 3 rings (SSSR count). The average molecular weight is 339 g/mol. The van der Waals surface area contributed by atoms with E-state index in [1.54, 1.807) is 0 Å². The second-order valence-electron chi connectivity index (χ2n) is 6.39. The number of amides is 1. The fourth-order valence-corrected chi connectivity index (χ4v) is 2.84. The number of rotatable bonds is 5. The number of nitrogens with zero attached hydrogens (tertiary/aromatic N) is 2. The number of carbonyl (C=O) groups excluding carboxylic acids is 1. The van der Waals surface area contributed by atoms with Crippen LogP contribution in [0.1, 0.15) is 55.2 Å². The van der Waals surface area contributed by atoms with Gasteiger partial charge in [0.2, 0.25) is 5.91 Å². The van der Waals surface area contributed by atoms with Gasteiger partial charge in [0.25, 0.3) is 0 Å². The first-order valence-electron chi connectivity index (χ1n) is 8.31. The third-order valence-corrected chi connectivity index (χ3v) is 4.37. The largest absolute Gasteiger partial charge is 0.433 e. The van der Waals surface area contributed by atoms with Crippen LogP contribution < -0.4 is 5.32 Å². The van der Waals surface area contributed by atoms with Gasteiger partial charge in [-0.15, -0.1) is 0 Å². The Morgan fingerprint density at radius 1 is 1.21 bits per heavy atom. The average Bonchev–Trinajstić information content (AvgIpc) is 3.39. The summed E-state index contributed by atoms with van der Waals surface area (Å²) in [6.45, 7) is 0.254. The Bertz CT molecular complexity index is 638. The van der Waals surface area contributed by atoms with E-state index in [4.69, 9.17) is 0 Å². The van der Waals surface area contributed by atoms with Crippen molar-refractivity contribution in [1.82, 2.24) is 15.3 Å². The molecule has 1 heterocycles. The van der Waals surface area contributed by atoms with E-state index >= 15 is 0 Å². The van der Waals surface area contributed by atoms with E-state index in [2.05, 4.69) is 21.4 Å². The quantitative estimate of drug-likeness (QED) is 0.837. The van der Waals surface area contributed by atoms with E-state index in [1.165, 1.54) is 0 Å². The molecule has 0 unspecified atom stereocenters. The number of aromatic nitrogens is 2. The molecule has 1 aromatic heterocycles. The summed E-state index contributed by atoms with van der Waals surface area (Å²) in [5, 5.41) is 2.79. The summed E-state index contributed by atoms with van der Waals surface area (Å²) < 4.78 is 38.9. The highest BCUT2D eigenvalue weighted by atomic mass is 19.4. The summed E-state index contributed by atoms with van der Waals surface area (Å²) in [6, 6.07) is 1.05. The number of alkyl halides is 3. The zero-order valence-corrected chi connectivity index (χ0v) is 13.3. The van der Waals surface area contributed by atoms with Crippen molar-refractivity contribution < 1.29 is 18.0 Å². The molecule has 1 amide bonds. The highest BCUT2D eigenvalue weighted by Crippen LogP contribution is 2.40. The van der Waals surface area contributed by atoms with E-state index in [0.717, 1.165) is 38.2 Å². The Morgan fingerprint density at radius 3 is 2.62 bits per heavy atom. The van der Waals surface area contributed by atoms with Crippen LogP contribution in [0.2, 0.25) is 0 Å². The molecule has 0 spiro atoms. The van der Waals surface area contributed by atoms with Crippen LogP contribution >= 0.6 is 0 Å². The normalized spacial score (nSPS) is 20.9. The number of nitrogens with one attached hydrogen (secondary N) is 1. The van der Waals surface area contributed by atoms with E-state index in [9.17, 15) is 18.0 Å². The summed E-state index contributed by atoms with van der Waals surface area (Å²) in [6.07, 6.45) is 3.95. The van der Waals surface area contributed by atoms with Crippen LogP contribution in [0.4, 0.5) is 13.2 Å². The molecule has 0 aliphatic heterocycles. The van der Waals surface area contributed by atoms with Crippen LogP contribution in [0.15, 0.2) is 18.2 Å². The fraction of sp³-hybridized carbons (Fsp3) is 0.588. The van der Waals surface area contributed by atoms with Gasteiger partial charge in [-0.2, -0.15) is 13.2 Å². The van der Waals surface area contributed by atoms with Crippen molar-refractivity contribution in [3.63, 3.8) is 0 Å². The first-order valence-corrected chi connectivity index (χ1v) is 8.31. The van der Waals surface area contributed by atoms with Crippen molar-refractivity contribution in [1.29, 1.82) is 0 Å². The van der Waals surface area contributed by atoms with Crippen molar-refractivity contribution in [2.45, 2.75) is 50.6 Å². The first-order chi connectivity index (χ1) is 11.4. The van der Waals surface area contributed by atoms with E-state index in [1.807, 2.05) is 6.08 Å². The molecular weight excluding hydrogens is 319 g/mol. The van der Waals surface area contributed by atoms with Crippen molar-refractivity contribution in [2.75, 3.05) is 6.54 Å². The predicted molar refractivity (Wildman–Crippen MR) is 82.2 cm³/mol. The SMILES string of the molecule is O=C(NCCc1nc(C2CC2)cc(C(F)(F)F)n1)[C@H]1CC=CCC1. The highest BCUT2D eigenvalue weighted by molar-refractivity contribution is 5.78. The van der Waals surface area contributed by atoms with Gasteiger partial charge in [-0.05, 0) is 38.2 Å². The summed E-state index contributed by atoms with van der Waals surface area (Å²) in [4.78, 5) is 19.9. The molecule has 4 nitrogen and oxygen atoms in total. The van der Waals surface area contributed by atoms with Gasteiger partial charge in [-0.1, -0.05) is 12.2 Å². The summed E-state index contributed by atoms with van der Waals surface area (Å²) in [5.74, 6) is 0.181. The second kappa shape index (κ2) is 6.91. The molecule has 1 atom stereocenters. The maximum atomic E-state index is 13.0. The van der Waals surface area contributed by atoms with Crippen molar-refractivity contribution in [3.05, 3.63) is 35.4 Å². The number of hydrogen-bond acceptors (Lipinski definition) is 3. The van der Waals surface area contributed by atoms with Gasteiger partial charge in [0.1, 0.15) is 11.5 Å². The van der Waals surface area contributed by atoms with Crippen LogP contribution in [-0.4, -0.2) is 22.4 Å². The Kier molecular flexibility index (Phi) is 4.87. The van der Waals surface area contributed by atoms with E-state index in [0.29, 0.717) is 5.69 Å². The van der Waals surface area contributed by atoms with Gasteiger partial charge in [-0.25, -0.2) is 9.97 Å². The lowest BCUT2D eigenvalue weighted by Gasteiger charge is -2.17. The van der Waals surface area contributed by atoms with E-state index < -0.39 is 11.9 Å². The van der Waals surface area contributed by atoms with Crippen LogP contribution in [-0.2, 0) is 17.4 Å². The minimum absolute atomic E-state index is 0.0422. The highest BCUT2D eigenvalue weighted by Gasteiger charge is 2.35. The smallest absolute Gasteiger partial charge is 0.355 e. The predicted octanol–water partition coefficient (Wildman–Crippen LogP) is 3.39. The third-order valence-electron chi connectivity index (χ3n) is 4.37. The van der Waals surface area contributed by atoms with Crippen LogP contribution in [0.3, 0.4) is 0 Å². The number of allylic oxidation sites excluding steroid dienone is 2. The Balaban J connectivity index is 1.61. The zero-order valence-electron chi connectivity index (χ0n) is 13.3. The molecule has 0 bridgehead atoms. The van der Waals surface area contributed by atoms with Gasteiger partial charge in [0.15, 0.2) is 0 Å². The lowest BCUT2D eigenvalue weighted by atomic mass is 9.94. The van der Waals surface area contributed by atoms with Gasteiger partial charge in [-0.3, -0.25) is 4.79 Å². The maximum absolute atomic E-state index is 13.0. The standard InChI is InChI=1S/C17H20F3N3O/c18-17(19,20)14-10-13(11-6-7-11)22-15(23-14)8-9-21-16(24)12-4-2-1-3-5-12/h1-2,10-12H,3-9H2,(H,21,24)/t12-/m0/s1. The second-order valence-corrected chi connectivity index (χ2v) is 6.39. The number of hydrogen-bond donors (Lipinski definition) is 1. The van der Waals surface area contributed by atoms with Crippen molar-refractivity contribution in [2.24, 2.45) is 5.92 Å². The van der Waals surface area contributed by atoms with Crippen LogP contribution in [0.5, 0.6) is 0 Å². The molecule has 0 aromatic carbocycles. The fourth-order valence-electron chi connectivity index (χ4n) is 2.84. The van der Waals surface area contributed by atoms with E-state index in [-0.39, 0.29) is 36.5 Å². The molecule has 1 N–H and O–H groups in total. The summed E-state index contributed by atoms with van der Waals surface area (Å²) >= 11 is 0. The molecule has 7 heteroatoms. The number of carbonyl (C=O) groups is 1. The topological polar surface area (TPSA) is 54.9 Å². The molecule has 0 radical (unpaired) electrons. The van der Waals surface area contributed by atoms with Crippen molar-refractivity contribution >= 4 is 5.91 Å². The van der Waals surface area contributed by atoms with Gasteiger partial charge in [0.05, 0.1) is 0 Å². The molecule has 130 valence electrons. The Hall–Kier alpha value is -1.92. The van der Waals surface area contributed by atoms with Crippen LogP contribution in [0, 0.1) is 5.92 Å². The molecule has 1 fully saturated rings. The lowest BCUT2D eigenvalue weighted by molar-refractivity contribution is -0.141. The zero-order chi connectivity index (χ0) is 17.2. The molecule has 1 aromatic rings. The Labute approximate surface area is 138 Å². The first kappa shape index (κ1) is 16.9. The van der Waals surface area contributed by atoms with Gasteiger partial charge >= 0.3 is 6.18 Å². The maximum Gasteiger partial charge on any atom is 0.433 e. The molecule has 24 heavy (non-hydrogen) atoms. The van der Waals surface area contributed by atoms with Gasteiger partial charge in [0, 0.05) is 30.5 Å². The monoisotopic (exact) mass is 339 g/mol. The van der Waals surface area contributed by atoms with Crippen molar-refractivity contribution in [3.8, 4) is 0 Å². The molecule has 1 saturated carbocycles. The molecule has 2 aliphatic rings. The molecule has 2 aliphatic carbocycles. The third kappa shape index (κ3) is 4.33. The minimum atomic E-state index is -4.47.